The van der Waals surface area contributed by atoms with E-state index in [9.17, 15) is 9.59 Å². The van der Waals surface area contributed by atoms with Gasteiger partial charge >= 0.3 is 11.9 Å². The molecule has 0 heterocycles. The topological polar surface area (TPSA) is 61.8 Å². The number of hydrogen-bond acceptors (Lipinski definition) is 5. The van der Waals surface area contributed by atoms with E-state index < -0.39 is 11.9 Å². The summed E-state index contributed by atoms with van der Waals surface area (Å²) in [7, 11) is 3.99. The summed E-state index contributed by atoms with van der Waals surface area (Å²) in [5.74, 6) is -0.733. The van der Waals surface area contributed by atoms with Gasteiger partial charge in [-0.05, 0) is 17.7 Å². The number of halogens is 1. The van der Waals surface area contributed by atoms with Crippen molar-refractivity contribution < 1.29 is 23.8 Å². The molecule has 1 aromatic carbocycles. The van der Waals surface area contributed by atoms with Gasteiger partial charge in [0.05, 0.1) is 26.9 Å². The van der Waals surface area contributed by atoms with E-state index in [4.69, 9.17) is 9.47 Å². The minimum atomic E-state index is -0.516. The van der Waals surface area contributed by atoms with Crippen molar-refractivity contribution in [2.75, 3.05) is 21.3 Å². The molecule has 18 heavy (non-hydrogen) atoms. The van der Waals surface area contributed by atoms with Crippen LogP contribution in [0.25, 0.3) is 0 Å². The second kappa shape index (κ2) is 6.39. The smallest absolute Gasteiger partial charge is 0.341 e. The third-order valence-electron chi connectivity index (χ3n) is 2.36. The van der Waals surface area contributed by atoms with Crippen LogP contribution >= 0.6 is 15.9 Å². The normalized spacial score (nSPS) is 9.78. The van der Waals surface area contributed by atoms with Crippen LogP contribution in [0, 0.1) is 0 Å². The van der Waals surface area contributed by atoms with E-state index in [1.807, 2.05) is 0 Å². The molecule has 0 fully saturated rings. The summed E-state index contributed by atoms with van der Waals surface area (Å²) in [4.78, 5) is 23.2. The van der Waals surface area contributed by atoms with Gasteiger partial charge < -0.3 is 14.2 Å². The van der Waals surface area contributed by atoms with Crippen molar-refractivity contribution in [3.05, 3.63) is 28.8 Å². The molecule has 0 aromatic heterocycles. The number of benzene rings is 1. The number of ether oxygens (including phenoxy) is 3. The average molecular weight is 317 g/mol. The van der Waals surface area contributed by atoms with Gasteiger partial charge in [-0.25, -0.2) is 9.59 Å². The largest absolute Gasteiger partial charge is 0.496 e. The highest BCUT2D eigenvalue weighted by molar-refractivity contribution is 9.08. The van der Waals surface area contributed by atoms with Crippen LogP contribution in [0.2, 0.25) is 0 Å². The van der Waals surface area contributed by atoms with Gasteiger partial charge in [0.2, 0.25) is 0 Å². The molecule has 98 valence electrons. The predicted octanol–water partition coefficient (Wildman–Crippen LogP) is 2.16. The summed E-state index contributed by atoms with van der Waals surface area (Å²) in [6, 6.07) is 3.01. The van der Waals surface area contributed by atoms with Gasteiger partial charge in [0.15, 0.2) is 0 Å². The third-order valence-corrected chi connectivity index (χ3v) is 2.96. The quantitative estimate of drug-likeness (QED) is 0.629. The summed E-state index contributed by atoms with van der Waals surface area (Å²) in [5.41, 5.74) is 1.21. The summed E-state index contributed by atoms with van der Waals surface area (Å²) in [6.07, 6.45) is 0. The fourth-order valence-corrected chi connectivity index (χ4v) is 1.95. The highest BCUT2D eigenvalue weighted by Gasteiger charge is 2.21. The highest BCUT2D eigenvalue weighted by atomic mass is 79.9. The van der Waals surface area contributed by atoms with Crippen molar-refractivity contribution in [1.82, 2.24) is 0 Å². The fraction of sp³-hybridized carbons (Fsp3) is 0.333. The van der Waals surface area contributed by atoms with E-state index in [-0.39, 0.29) is 5.75 Å². The molecule has 0 radical (unpaired) electrons. The summed E-state index contributed by atoms with van der Waals surface area (Å²) < 4.78 is 14.4. The summed E-state index contributed by atoms with van der Waals surface area (Å²) in [5, 5.41) is 0.388. The molecule has 6 heteroatoms. The molecule has 0 amide bonds. The first-order chi connectivity index (χ1) is 8.58. The zero-order chi connectivity index (χ0) is 13.7. The standard InChI is InChI=1S/C12H13BrO5/c1-16-9-5-7(11(14)17-2)4-8(6-13)10(9)12(15)18-3/h4-5H,6H2,1-3H3. The minimum Gasteiger partial charge on any atom is -0.496 e. The molecule has 0 aliphatic carbocycles. The summed E-state index contributed by atoms with van der Waals surface area (Å²) in [6.45, 7) is 0. The van der Waals surface area contributed by atoms with Crippen LogP contribution in [0.4, 0.5) is 0 Å². The zero-order valence-electron chi connectivity index (χ0n) is 10.3. The van der Waals surface area contributed by atoms with Gasteiger partial charge in [-0.1, -0.05) is 15.9 Å². The summed E-state index contributed by atoms with van der Waals surface area (Å²) >= 11 is 3.26. The van der Waals surface area contributed by atoms with E-state index in [1.165, 1.54) is 27.4 Å². The van der Waals surface area contributed by atoms with Gasteiger partial charge in [-0.15, -0.1) is 0 Å². The van der Waals surface area contributed by atoms with E-state index in [0.717, 1.165) is 0 Å². The highest BCUT2D eigenvalue weighted by Crippen LogP contribution is 2.27. The van der Waals surface area contributed by atoms with Gasteiger partial charge in [-0.3, -0.25) is 0 Å². The first-order valence-electron chi connectivity index (χ1n) is 5.02. The average Bonchev–Trinajstić information content (AvgIpc) is 2.43. The number of methoxy groups -OCH3 is 3. The van der Waals surface area contributed by atoms with Crippen molar-refractivity contribution in [2.45, 2.75) is 5.33 Å². The number of carbonyl (C=O) groups excluding carboxylic acids is 2. The number of carbonyl (C=O) groups is 2. The Morgan fingerprint density at radius 2 is 1.72 bits per heavy atom. The Morgan fingerprint density at radius 1 is 1.11 bits per heavy atom. The molecule has 1 aromatic rings. The van der Waals surface area contributed by atoms with Gasteiger partial charge in [0, 0.05) is 5.33 Å². The molecule has 0 saturated carbocycles. The Labute approximate surface area is 113 Å². The lowest BCUT2D eigenvalue weighted by molar-refractivity contribution is 0.0582. The number of alkyl halides is 1. The van der Waals surface area contributed by atoms with Crippen molar-refractivity contribution in [3.63, 3.8) is 0 Å². The molecule has 1 rings (SSSR count). The second-order valence-electron chi connectivity index (χ2n) is 3.33. The fourth-order valence-electron chi connectivity index (χ4n) is 1.51. The van der Waals surface area contributed by atoms with Crippen molar-refractivity contribution >= 4 is 27.9 Å². The van der Waals surface area contributed by atoms with Crippen LogP contribution < -0.4 is 4.74 Å². The Bertz CT molecular complexity index is 445. The Kier molecular flexibility index (Phi) is 5.15. The molecule has 0 unspecified atom stereocenters. The van der Waals surface area contributed by atoms with E-state index >= 15 is 0 Å². The predicted molar refractivity (Wildman–Crippen MR) is 68.3 cm³/mol. The third kappa shape index (κ3) is 2.81. The Balaban J connectivity index is 3.43. The lowest BCUT2D eigenvalue weighted by Crippen LogP contribution is -2.10. The van der Waals surface area contributed by atoms with E-state index in [1.54, 1.807) is 6.07 Å². The molecule has 0 aliphatic rings. The number of rotatable bonds is 4. The monoisotopic (exact) mass is 316 g/mol. The maximum absolute atomic E-state index is 11.7. The zero-order valence-corrected chi connectivity index (χ0v) is 11.9. The van der Waals surface area contributed by atoms with Crippen LogP contribution in [0.3, 0.4) is 0 Å². The van der Waals surface area contributed by atoms with Crippen molar-refractivity contribution in [1.29, 1.82) is 0 Å². The first kappa shape index (κ1) is 14.5. The van der Waals surface area contributed by atoms with Crippen LogP contribution in [-0.4, -0.2) is 33.3 Å². The molecule has 0 saturated heterocycles. The molecule has 5 nitrogen and oxygen atoms in total. The van der Waals surface area contributed by atoms with Gasteiger partial charge in [0.25, 0.3) is 0 Å². The van der Waals surface area contributed by atoms with Crippen molar-refractivity contribution in [3.8, 4) is 5.75 Å². The number of hydrogen-bond donors (Lipinski definition) is 0. The molecule has 0 bridgehead atoms. The van der Waals surface area contributed by atoms with E-state index in [0.29, 0.717) is 22.0 Å². The van der Waals surface area contributed by atoms with Gasteiger partial charge in [-0.2, -0.15) is 0 Å². The molecular weight excluding hydrogens is 304 g/mol. The molecular formula is C12H13BrO5. The minimum absolute atomic E-state index is 0.277. The molecule has 0 N–H and O–H groups in total. The molecule has 0 atom stereocenters. The molecule has 0 spiro atoms. The van der Waals surface area contributed by atoms with Crippen LogP contribution in [0.5, 0.6) is 5.75 Å². The molecule has 0 aliphatic heterocycles. The maximum atomic E-state index is 11.7. The van der Waals surface area contributed by atoms with Crippen molar-refractivity contribution in [2.24, 2.45) is 0 Å². The van der Waals surface area contributed by atoms with Crippen LogP contribution in [-0.2, 0) is 14.8 Å². The van der Waals surface area contributed by atoms with Crippen LogP contribution in [0.15, 0.2) is 12.1 Å². The second-order valence-corrected chi connectivity index (χ2v) is 3.89. The lowest BCUT2D eigenvalue weighted by atomic mass is 10.0. The van der Waals surface area contributed by atoms with Gasteiger partial charge in [0.1, 0.15) is 11.3 Å². The number of esters is 2. The van der Waals surface area contributed by atoms with E-state index in [2.05, 4.69) is 20.7 Å². The Hall–Kier alpha value is -1.56. The first-order valence-corrected chi connectivity index (χ1v) is 6.14. The lowest BCUT2D eigenvalue weighted by Gasteiger charge is -2.12. The Morgan fingerprint density at radius 3 is 2.17 bits per heavy atom. The van der Waals surface area contributed by atoms with Crippen LogP contribution in [0.1, 0.15) is 26.3 Å². The SMILES string of the molecule is COC(=O)c1cc(CBr)c(C(=O)OC)c(OC)c1. The maximum Gasteiger partial charge on any atom is 0.341 e.